The quantitative estimate of drug-likeness (QED) is 0.800. The summed E-state index contributed by atoms with van der Waals surface area (Å²) in [5, 5.41) is 0. The van der Waals surface area contributed by atoms with E-state index in [9.17, 15) is 8.42 Å². The summed E-state index contributed by atoms with van der Waals surface area (Å²) >= 11 is 0. The smallest absolute Gasteiger partial charge is 0.294 e. The van der Waals surface area contributed by atoms with Gasteiger partial charge in [0.15, 0.2) is 0 Å². The fourth-order valence-electron chi connectivity index (χ4n) is 1.58. The lowest BCUT2D eigenvalue weighted by atomic mass is 10.1. The minimum atomic E-state index is -4.15. The molecule has 0 bridgehead atoms. The molecule has 0 aliphatic rings. The third-order valence-electron chi connectivity index (χ3n) is 2.29. The summed E-state index contributed by atoms with van der Waals surface area (Å²) in [5.74, 6) is 0. The molecule has 16 heavy (non-hydrogen) atoms. The molecule has 0 aliphatic heterocycles. The fourth-order valence-corrected chi connectivity index (χ4v) is 2.31. The highest BCUT2D eigenvalue weighted by Crippen LogP contribution is 2.17. The molecule has 4 nitrogen and oxygen atoms in total. The second-order valence-corrected chi connectivity index (χ2v) is 4.84. The Kier molecular flexibility index (Phi) is 2.80. The van der Waals surface area contributed by atoms with Gasteiger partial charge in [-0.1, -0.05) is 18.2 Å². The first-order valence-electron chi connectivity index (χ1n) is 4.75. The molecule has 0 unspecified atom stereocenters. The summed E-state index contributed by atoms with van der Waals surface area (Å²) in [6.07, 6.45) is 2.22. The second kappa shape index (κ2) is 4.11. The number of nitrogens with one attached hydrogen (secondary N) is 1. The maximum atomic E-state index is 11.1. The summed E-state index contributed by atoms with van der Waals surface area (Å²) in [6, 6.07) is 10.1. The highest BCUT2D eigenvalue weighted by atomic mass is 32.2. The van der Waals surface area contributed by atoms with Crippen molar-refractivity contribution in [2.24, 2.45) is 0 Å². The maximum Gasteiger partial charge on any atom is 0.294 e. The molecule has 2 N–H and O–H groups in total. The van der Waals surface area contributed by atoms with Crippen LogP contribution in [0, 0.1) is 0 Å². The van der Waals surface area contributed by atoms with Gasteiger partial charge in [-0.2, -0.15) is 8.42 Å². The Morgan fingerprint density at radius 2 is 1.88 bits per heavy atom. The Morgan fingerprint density at radius 1 is 1.12 bits per heavy atom. The first-order valence-corrected chi connectivity index (χ1v) is 6.19. The molecule has 2 aromatic rings. The Labute approximate surface area is 93.7 Å². The van der Waals surface area contributed by atoms with E-state index >= 15 is 0 Å². The van der Waals surface area contributed by atoms with Gasteiger partial charge in [-0.3, -0.25) is 4.55 Å². The number of aromatic nitrogens is 1. The number of rotatable bonds is 3. The van der Waals surface area contributed by atoms with Gasteiger partial charge in [0.1, 0.15) is 0 Å². The normalized spacial score (nSPS) is 11.6. The number of aromatic amines is 1. The minimum absolute atomic E-state index is 0.0374. The lowest BCUT2D eigenvalue weighted by Gasteiger charge is -2.05. The Morgan fingerprint density at radius 3 is 2.50 bits per heavy atom. The molecule has 1 aromatic carbocycles. The Hall–Kier alpha value is -1.59. The summed E-state index contributed by atoms with van der Waals surface area (Å²) in [7, 11) is -4.15. The van der Waals surface area contributed by atoms with Crippen LogP contribution in [0.5, 0.6) is 0 Å². The molecule has 84 valence electrons. The van der Waals surface area contributed by atoms with Crippen molar-refractivity contribution in [3.63, 3.8) is 0 Å². The Balaban J connectivity index is 2.42. The van der Waals surface area contributed by atoms with Crippen LogP contribution in [0.25, 0.3) is 0 Å². The van der Waals surface area contributed by atoms with E-state index in [-0.39, 0.29) is 4.90 Å². The average Bonchev–Trinajstić information content (AvgIpc) is 2.70. The highest BCUT2D eigenvalue weighted by molar-refractivity contribution is 7.85. The number of hydrogen-bond donors (Lipinski definition) is 2. The topological polar surface area (TPSA) is 70.2 Å². The van der Waals surface area contributed by atoms with Crippen LogP contribution in [0.2, 0.25) is 0 Å². The minimum Gasteiger partial charge on any atom is -0.365 e. The van der Waals surface area contributed by atoms with Gasteiger partial charge in [-0.05, 0) is 23.8 Å². The van der Waals surface area contributed by atoms with Crippen LogP contribution in [0.1, 0.15) is 11.3 Å². The molecule has 0 amide bonds. The molecule has 1 heterocycles. The molecule has 0 spiro atoms. The van der Waals surface area contributed by atoms with Crippen molar-refractivity contribution >= 4 is 10.1 Å². The van der Waals surface area contributed by atoms with Crippen LogP contribution in [0.15, 0.2) is 47.5 Å². The number of benzene rings is 1. The van der Waals surface area contributed by atoms with Gasteiger partial charge >= 0.3 is 0 Å². The van der Waals surface area contributed by atoms with Crippen molar-refractivity contribution in [3.05, 3.63) is 53.9 Å². The van der Waals surface area contributed by atoms with E-state index in [1.54, 1.807) is 24.4 Å². The molecule has 5 heteroatoms. The summed E-state index contributed by atoms with van der Waals surface area (Å²) in [5.41, 5.74) is 1.48. The van der Waals surface area contributed by atoms with Crippen LogP contribution < -0.4 is 0 Å². The SMILES string of the molecule is O=S(=O)(O)c1ccccc1Cc1ccc[nH]1. The van der Waals surface area contributed by atoms with E-state index in [0.29, 0.717) is 12.0 Å². The molecule has 0 saturated heterocycles. The van der Waals surface area contributed by atoms with Gasteiger partial charge in [0.25, 0.3) is 10.1 Å². The first-order chi connectivity index (χ1) is 7.57. The maximum absolute atomic E-state index is 11.1. The largest absolute Gasteiger partial charge is 0.365 e. The predicted octanol–water partition coefficient (Wildman–Crippen LogP) is 1.85. The van der Waals surface area contributed by atoms with E-state index in [4.69, 9.17) is 4.55 Å². The van der Waals surface area contributed by atoms with E-state index in [1.165, 1.54) is 6.07 Å². The highest BCUT2D eigenvalue weighted by Gasteiger charge is 2.14. The van der Waals surface area contributed by atoms with Crippen LogP contribution in [0.4, 0.5) is 0 Å². The molecule has 0 aliphatic carbocycles. The molecule has 0 atom stereocenters. The van der Waals surface area contributed by atoms with Gasteiger partial charge in [0, 0.05) is 18.3 Å². The molecule has 2 rings (SSSR count). The van der Waals surface area contributed by atoms with Crippen LogP contribution in [-0.2, 0) is 16.5 Å². The van der Waals surface area contributed by atoms with Gasteiger partial charge in [-0.25, -0.2) is 0 Å². The van der Waals surface area contributed by atoms with Crippen molar-refractivity contribution < 1.29 is 13.0 Å². The van der Waals surface area contributed by atoms with Gasteiger partial charge in [0.2, 0.25) is 0 Å². The first kappa shape index (κ1) is 10.9. The van der Waals surface area contributed by atoms with Gasteiger partial charge in [-0.15, -0.1) is 0 Å². The lowest BCUT2D eigenvalue weighted by molar-refractivity contribution is 0.482. The van der Waals surface area contributed by atoms with Crippen LogP contribution in [0.3, 0.4) is 0 Å². The van der Waals surface area contributed by atoms with E-state index in [0.717, 1.165) is 5.69 Å². The van der Waals surface area contributed by atoms with Crippen molar-refractivity contribution in [2.45, 2.75) is 11.3 Å². The fraction of sp³-hybridized carbons (Fsp3) is 0.0909. The summed E-state index contributed by atoms with van der Waals surface area (Å²) in [4.78, 5) is 2.95. The predicted molar refractivity (Wildman–Crippen MR) is 59.9 cm³/mol. The zero-order valence-corrected chi connectivity index (χ0v) is 9.24. The standard InChI is InChI=1S/C11H11NO3S/c13-16(14,15)11-6-2-1-4-9(11)8-10-5-3-7-12-10/h1-7,12H,8H2,(H,13,14,15). The van der Waals surface area contributed by atoms with E-state index < -0.39 is 10.1 Å². The summed E-state index contributed by atoms with van der Waals surface area (Å²) in [6.45, 7) is 0. The molecular weight excluding hydrogens is 226 g/mol. The number of hydrogen-bond acceptors (Lipinski definition) is 2. The van der Waals surface area contributed by atoms with E-state index in [2.05, 4.69) is 4.98 Å². The van der Waals surface area contributed by atoms with Crippen LogP contribution in [-0.4, -0.2) is 18.0 Å². The lowest BCUT2D eigenvalue weighted by Crippen LogP contribution is -2.03. The zero-order valence-electron chi connectivity index (χ0n) is 8.42. The molecular formula is C11H11NO3S. The average molecular weight is 237 g/mol. The van der Waals surface area contributed by atoms with Crippen molar-refractivity contribution in [1.82, 2.24) is 4.98 Å². The zero-order chi connectivity index (χ0) is 11.6. The Bertz CT molecular complexity index is 573. The third kappa shape index (κ3) is 2.32. The van der Waals surface area contributed by atoms with Gasteiger partial charge < -0.3 is 4.98 Å². The van der Waals surface area contributed by atoms with Gasteiger partial charge in [0.05, 0.1) is 4.90 Å². The number of H-pyrrole nitrogens is 1. The van der Waals surface area contributed by atoms with Crippen LogP contribution >= 0.6 is 0 Å². The monoisotopic (exact) mass is 237 g/mol. The molecule has 1 aromatic heterocycles. The third-order valence-corrected chi connectivity index (χ3v) is 3.25. The molecule has 0 radical (unpaired) electrons. The summed E-state index contributed by atoms with van der Waals surface area (Å²) < 4.78 is 31.3. The molecule has 0 fully saturated rings. The van der Waals surface area contributed by atoms with E-state index in [1.807, 2.05) is 12.1 Å². The van der Waals surface area contributed by atoms with Crippen molar-refractivity contribution in [2.75, 3.05) is 0 Å². The molecule has 0 saturated carbocycles. The van der Waals surface area contributed by atoms with Crippen molar-refractivity contribution in [3.8, 4) is 0 Å². The van der Waals surface area contributed by atoms with Crippen molar-refractivity contribution in [1.29, 1.82) is 0 Å². The second-order valence-electron chi connectivity index (χ2n) is 3.45.